The van der Waals surface area contributed by atoms with Crippen LogP contribution in [0.5, 0.6) is 0 Å². The van der Waals surface area contributed by atoms with Crippen molar-refractivity contribution in [1.82, 2.24) is 19.9 Å². The maximum absolute atomic E-state index is 11.8. The van der Waals surface area contributed by atoms with Crippen LogP contribution in [-0.2, 0) is 19.5 Å². The molecule has 9 aromatic rings. The number of hydrogen-bond acceptors (Lipinski definition) is 5. The van der Waals surface area contributed by atoms with E-state index in [9.17, 15) is 9.90 Å². The molecular weight excluding hydrogens is 974 g/mol. The predicted octanol–water partition coefficient (Wildman–Crippen LogP) is 15.8. The maximum Gasteiger partial charge on any atom is 2.00 e. The minimum atomic E-state index is -0.997. The van der Waals surface area contributed by atoms with Crippen molar-refractivity contribution >= 4 is 86.5 Å². The summed E-state index contributed by atoms with van der Waals surface area (Å²) in [6, 6.07) is 53.5. The van der Waals surface area contributed by atoms with Crippen LogP contribution in [0.1, 0.15) is 83.2 Å². The number of carboxylic acids is 1. The Balaban J connectivity index is 0.00000641. The fourth-order valence-corrected chi connectivity index (χ4v) is 9.90. The normalized spacial score (nSPS) is 11.5. The molecule has 360 valence electrons. The zero-order valence-electron chi connectivity index (χ0n) is 43.1. The first-order valence-electron chi connectivity index (χ1n) is 24.7. The number of carboxylic acid groups (broad SMARTS) is 1. The van der Waals surface area contributed by atoms with E-state index in [0.29, 0.717) is 33.5 Å². The van der Waals surface area contributed by atoms with Crippen molar-refractivity contribution in [2.45, 2.75) is 48.5 Å². The molecule has 11 rings (SSSR count). The van der Waals surface area contributed by atoms with Crippen LogP contribution in [0.3, 0.4) is 0 Å². The third-order valence-corrected chi connectivity index (χ3v) is 13.6. The van der Waals surface area contributed by atoms with Crippen LogP contribution in [-0.4, -0.2) is 21.0 Å². The molecule has 0 amide bonds. The maximum atomic E-state index is 11.8. The summed E-state index contributed by atoms with van der Waals surface area (Å²) in [5.74, 6) is 5.79. The van der Waals surface area contributed by atoms with Gasteiger partial charge < -0.3 is 24.9 Å². The van der Waals surface area contributed by atoms with E-state index in [1.165, 1.54) is 5.56 Å². The van der Waals surface area contributed by atoms with Crippen LogP contribution in [0.4, 0.5) is 34.1 Å². The molecular formula is C66H52N6O2Zn. The largest absolute Gasteiger partial charge is 2.00 e. The van der Waals surface area contributed by atoms with Gasteiger partial charge in [-0.2, -0.15) is 0 Å². The van der Waals surface area contributed by atoms with Gasteiger partial charge in [0.25, 0.3) is 0 Å². The summed E-state index contributed by atoms with van der Waals surface area (Å²) in [5, 5.41) is 9.65. The monoisotopic (exact) mass is 1020 g/mol. The first-order chi connectivity index (χ1) is 35.8. The number of aromatic carboxylic acids is 1. The topological polar surface area (TPSA) is 97.8 Å². The van der Waals surface area contributed by atoms with Gasteiger partial charge in [0.15, 0.2) is 0 Å². The Hall–Kier alpha value is -8.83. The number of rotatable bonds is 8. The van der Waals surface area contributed by atoms with E-state index in [1.807, 2.05) is 18.2 Å². The molecule has 0 aliphatic carbocycles. The molecule has 0 radical (unpaired) electrons. The van der Waals surface area contributed by atoms with E-state index in [4.69, 9.17) is 19.9 Å². The van der Waals surface area contributed by atoms with E-state index in [1.54, 1.807) is 24.3 Å². The first kappa shape index (κ1) is 49.7. The number of benzene rings is 6. The minimum absolute atomic E-state index is 0. The molecule has 9 heteroatoms. The molecule has 0 fully saturated rings. The van der Waals surface area contributed by atoms with Gasteiger partial charge in [-0.3, -0.25) is 0 Å². The molecule has 1 N–H and O–H groups in total. The zero-order chi connectivity index (χ0) is 51.2. The van der Waals surface area contributed by atoms with E-state index >= 15 is 0 Å². The summed E-state index contributed by atoms with van der Waals surface area (Å²) >= 11 is 0. The number of hydrogen-bond donors (Lipinski definition) is 1. The Morgan fingerprint density at radius 1 is 0.427 bits per heavy atom. The van der Waals surface area contributed by atoms with Crippen LogP contribution >= 0.6 is 0 Å². The van der Waals surface area contributed by atoms with Gasteiger partial charge in [0.2, 0.25) is 0 Å². The Morgan fingerprint density at radius 2 is 0.813 bits per heavy atom. The third kappa shape index (κ3) is 9.89. The van der Waals surface area contributed by atoms with Crippen molar-refractivity contribution in [1.29, 1.82) is 0 Å². The molecule has 2 aliphatic heterocycles. The molecule has 5 heterocycles. The fraction of sp³-hybridized carbons (Fsp3) is 0.106. The molecule has 0 unspecified atom stereocenters. The van der Waals surface area contributed by atoms with Gasteiger partial charge in [-0.1, -0.05) is 125 Å². The van der Waals surface area contributed by atoms with Gasteiger partial charge in [-0.25, -0.2) is 14.8 Å². The molecule has 3 aromatic heterocycles. The molecule has 0 spiro atoms. The molecule has 8 bridgehead atoms. The van der Waals surface area contributed by atoms with Gasteiger partial charge in [-0.15, -0.1) is 22.1 Å². The second kappa shape index (κ2) is 20.6. The number of carbonyl (C=O) groups is 1. The van der Waals surface area contributed by atoms with E-state index < -0.39 is 5.97 Å². The molecule has 2 aliphatic rings. The summed E-state index contributed by atoms with van der Waals surface area (Å²) in [4.78, 5) is 38.6. The summed E-state index contributed by atoms with van der Waals surface area (Å²) in [5.41, 5.74) is 22.4. The molecule has 8 nitrogen and oxygen atoms in total. The number of anilines is 6. The van der Waals surface area contributed by atoms with E-state index in [0.717, 1.165) is 101 Å². The van der Waals surface area contributed by atoms with Gasteiger partial charge in [0.1, 0.15) is 0 Å². The molecule has 0 saturated heterocycles. The first-order valence-corrected chi connectivity index (χ1v) is 24.7. The second-order valence-electron chi connectivity index (χ2n) is 19.2. The fourth-order valence-electron chi connectivity index (χ4n) is 9.90. The summed E-state index contributed by atoms with van der Waals surface area (Å²) < 4.78 is 0. The number of fused-ring (bicyclic) bond motifs is 8. The molecule has 0 saturated carbocycles. The van der Waals surface area contributed by atoms with Crippen LogP contribution in [0.2, 0.25) is 0 Å². The van der Waals surface area contributed by atoms with Gasteiger partial charge in [0, 0.05) is 33.9 Å². The minimum Gasteiger partial charge on any atom is -0.656 e. The number of nitrogens with zero attached hydrogens (tertiary/aromatic N) is 6. The number of aromatic nitrogens is 4. The van der Waals surface area contributed by atoms with E-state index in [-0.39, 0.29) is 25.0 Å². The van der Waals surface area contributed by atoms with Crippen LogP contribution in [0.25, 0.3) is 57.5 Å². The average Bonchev–Trinajstić information content (AvgIpc) is 4.27. The second-order valence-corrected chi connectivity index (χ2v) is 19.2. The SMILES string of the molecule is Cc1ccc(N(c2ccc(C)cc2)c2c3nc(c(N(c4ccc(C)cc4)c4ccc(C)cc4)c4ccc([n-]4)c(-c4c(C)cc(C)cc4C)c4nc(c(C#Cc5ccc(C(=O)O)cc5)c5ccc2[n-]5)C=C4)C=C3)cc1.[Zn+2]. The van der Waals surface area contributed by atoms with Crippen molar-refractivity contribution in [3.05, 3.63) is 236 Å². The predicted molar refractivity (Wildman–Crippen MR) is 304 cm³/mol. The quantitative estimate of drug-likeness (QED) is 0.119. The van der Waals surface area contributed by atoms with Crippen molar-refractivity contribution in [3.63, 3.8) is 0 Å². The Labute approximate surface area is 450 Å². The summed E-state index contributed by atoms with van der Waals surface area (Å²) in [6.07, 6.45) is 8.25. The summed E-state index contributed by atoms with van der Waals surface area (Å²) in [7, 11) is 0. The summed E-state index contributed by atoms with van der Waals surface area (Å²) in [6.45, 7) is 14.8. The Morgan fingerprint density at radius 3 is 1.27 bits per heavy atom. The van der Waals surface area contributed by atoms with Crippen molar-refractivity contribution in [2.24, 2.45) is 0 Å². The van der Waals surface area contributed by atoms with Crippen LogP contribution in [0.15, 0.2) is 158 Å². The Bertz CT molecular complexity index is 3870. The van der Waals surface area contributed by atoms with Crippen LogP contribution < -0.4 is 19.8 Å². The zero-order valence-corrected chi connectivity index (χ0v) is 46.0. The number of aryl methyl sites for hydroxylation is 7. The Kier molecular flexibility index (Phi) is 13.7. The standard InChI is InChI=1S/C66H53N6O2.Zn/c1-40-8-21-49(22-9-40)71(50-23-10-41(2)11-24-50)64-58-34-31-55(68-58)53(29-18-47-16-19-48(20-17-47)66(73)74)54-30-32-56(67-54)63(62-45(6)38-44(5)39-46(62)7)57-33-35-59(69-57)65(61-37-36-60(64)70-61)72(51-25-12-42(3)13-26-51)52-27-14-43(4)15-28-52;/h8-17,19-28,30-39H,1-7H3,(H2-,67,68,69,70,73,74);/q-1;+2/p-1. The van der Waals surface area contributed by atoms with Gasteiger partial charge in [0.05, 0.1) is 39.7 Å². The van der Waals surface area contributed by atoms with Gasteiger partial charge >= 0.3 is 25.4 Å². The van der Waals surface area contributed by atoms with Crippen molar-refractivity contribution in [3.8, 4) is 23.0 Å². The average molecular weight is 1030 g/mol. The van der Waals surface area contributed by atoms with Crippen LogP contribution in [0, 0.1) is 60.3 Å². The molecule has 6 aromatic carbocycles. The van der Waals surface area contributed by atoms with E-state index in [2.05, 4.69) is 210 Å². The smallest absolute Gasteiger partial charge is 0.656 e. The van der Waals surface area contributed by atoms with Crippen molar-refractivity contribution in [2.75, 3.05) is 9.80 Å². The molecule has 75 heavy (non-hydrogen) atoms. The third-order valence-electron chi connectivity index (χ3n) is 13.6. The van der Waals surface area contributed by atoms with Crippen molar-refractivity contribution < 1.29 is 29.4 Å². The van der Waals surface area contributed by atoms with Gasteiger partial charge in [-0.05, 0) is 168 Å². The molecule has 0 atom stereocenters.